The number of aliphatic hydroxyl groups is 4. The van der Waals surface area contributed by atoms with Gasteiger partial charge < -0.3 is 25.2 Å². The molecule has 9 heteroatoms. The molecule has 0 aromatic carbocycles. The van der Waals surface area contributed by atoms with Gasteiger partial charge in [0, 0.05) is 176 Å². The van der Waals surface area contributed by atoms with Gasteiger partial charge in [0.25, 0.3) is 0 Å². The Morgan fingerprint density at radius 2 is 1.31 bits per heavy atom. The van der Waals surface area contributed by atoms with Crippen molar-refractivity contribution in [2.24, 2.45) is 0 Å². The molecule has 1 heterocycles. The summed E-state index contributed by atoms with van der Waals surface area (Å²) < 4.78 is 5.02. The predicted octanol–water partition coefficient (Wildman–Crippen LogP) is -2.15. The van der Waals surface area contributed by atoms with Gasteiger partial charge in [-0.05, 0) is 6.92 Å². The molecule has 1 rings (SSSR count). The summed E-state index contributed by atoms with van der Waals surface area (Å²) in [5, 5.41) is 36.4. The van der Waals surface area contributed by atoms with Crippen LogP contribution in [0.25, 0.3) is 0 Å². The summed E-state index contributed by atoms with van der Waals surface area (Å²) in [6, 6.07) is 0. The Labute approximate surface area is 238 Å². The van der Waals surface area contributed by atoms with Gasteiger partial charge in [-0.25, -0.2) is 0 Å². The van der Waals surface area contributed by atoms with E-state index >= 15 is 0 Å². The molecule has 1 saturated heterocycles. The third-order valence-corrected chi connectivity index (χ3v) is 2.13. The van der Waals surface area contributed by atoms with E-state index in [9.17, 15) is 15.3 Å². The third-order valence-electron chi connectivity index (χ3n) is 2.13. The standard InChI is InChI=1S/C7H14O5.4Ac/c1-3-5(9)7(11)6(10)4(2-8)12-3;;;;/h3-11H,2H2,1H3;;;;/t3-,4+,5-,6+,7+;;;;/m0..../s1. The average molecular weight is 1090 g/mol. The number of ether oxygens (including phenoxy) is 1. The third kappa shape index (κ3) is 8.88. The van der Waals surface area contributed by atoms with Crippen LogP contribution in [0.4, 0.5) is 0 Å². The summed E-state index contributed by atoms with van der Waals surface area (Å²) in [6.45, 7) is 1.21. The summed E-state index contributed by atoms with van der Waals surface area (Å²) >= 11 is 0. The molecule has 0 aromatic rings. The second kappa shape index (κ2) is 15.5. The van der Waals surface area contributed by atoms with Crippen molar-refractivity contribution in [2.75, 3.05) is 6.61 Å². The zero-order valence-electron chi connectivity index (χ0n) is 9.10. The summed E-state index contributed by atoms with van der Waals surface area (Å²) in [7, 11) is 0. The molecule has 16 heavy (non-hydrogen) atoms. The Morgan fingerprint density at radius 1 is 0.875 bits per heavy atom. The number of rotatable bonds is 1. The molecular weight excluding hydrogens is 1070 g/mol. The van der Waals surface area contributed by atoms with Gasteiger partial charge in [0.1, 0.15) is 24.4 Å². The smallest absolute Gasteiger partial charge is 0.111 e. The summed E-state index contributed by atoms with van der Waals surface area (Å²) in [5.41, 5.74) is 0. The maximum Gasteiger partial charge on any atom is 0.111 e. The van der Waals surface area contributed by atoms with Crippen LogP contribution >= 0.6 is 0 Å². The maximum absolute atomic E-state index is 9.23. The summed E-state index contributed by atoms with van der Waals surface area (Å²) in [6.07, 6.45) is -4.94. The summed E-state index contributed by atoms with van der Waals surface area (Å²) in [5.74, 6) is 0. The minimum Gasteiger partial charge on any atom is -0.394 e. The first-order chi connectivity index (χ1) is 5.57. The van der Waals surface area contributed by atoms with Crippen molar-refractivity contribution in [2.45, 2.75) is 37.4 Å². The van der Waals surface area contributed by atoms with Crippen LogP contribution in [0.1, 0.15) is 6.92 Å². The predicted molar refractivity (Wildman–Crippen MR) is 39.4 cm³/mol. The SMILES string of the molecule is C[C@@H]1O[C@H](CO)[C@@H](O)[C@H](O)[C@H]1O.[Ac].[Ac].[Ac].[Ac]. The first kappa shape index (κ1) is 29.6. The number of hydrogen-bond donors (Lipinski definition) is 4. The molecule has 1 fully saturated rings. The molecule has 84 valence electrons. The van der Waals surface area contributed by atoms with Gasteiger partial charge in [-0.3, -0.25) is 0 Å². The van der Waals surface area contributed by atoms with Crippen LogP contribution in [0.15, 0.2) is 0 Å². The Morgan fingerprint density at radius 3 is 1.69 bits per heavy atom. The zero-order valence-corrected chi connectivity index (χ0v) is 28.1. The van der Waals surface area contributed by atoms with E-state index in [1.165, 1.54) is 0 Å². The topological polar surface area (TPSA) is 90.2 Å². The van der Waals surface area contributed by atoms with E-state index in [2.05, 4.69) is 0 Å². The van der Waals surface area contributed by atoms with E-state index < -0.39 is 30.5 Å². The molecule has 5 atom stereocenters. The molecule has 0 aromatic heterocycles. The van der Waals surface area contributed by atoms with Crippen LogP contribution in [-0.4, -0.2) is 57.6 Å². The Balaban J connectivity index is -0.000000180. The monoisotopic (exact) mass is 1090 g/mol. The zero-order chi connectivity index (χ0) is 9.30. The van der Waals surface area contributed by atoms with Crippen molar-refractivity contribution in [3.8, 4) is 0 Å². The molecule has 0 bridgehead atoms. The molecule has 4 N–H and O–H groups in total. The van der Waals surface area contributed by atoms with Gasteiger partial charge in [-0.1, -0.05) is 0 Å². The van der Waals surface area contributed by atoms with Crippen LogP contribution < -0.4 is 0 Å². The van der Waals surface area contributed by atoms with Gasteiger partial charge in [0.2, 0.25) is 0 Å². The fraction of sp³-hybridized carbons (Fsp3) is 1.00. The van der Waals surface area contributed by atoms with E-state index in [1.807, 2.05) is 0 Å². The van der Waals surface area contributed by atoms with Gasteiger partial charge in [0.15, 0.2) is 0 Å². The quantitative estimate of drug-likeness (QED) is 0.241. The Kier molecular flexibility index (Phi) is 28.6. The van der Waals surface area contributed by atoms with Crippen molar-refractivity contribution in [1.29, 1.82) is 0 Å². The molecule has 0 spiro atoms. The molecule has 0 saturated carbocycles. The van der Waals surface area contributed by atoms with Crippen LogP contribution in [0.3, 0.4) is 0 Å². The molecule has 4 radical (unpaired) electrons. The normalized spacial score (nSPS) is 36.9. The van der Waals surface area contributed by atoms with Crippen LogP contribution in [0.5, 0.6) is 0 Å². The van der Waals surface area contributed by atoms with Gasteiger partial charge >= 0.3 is 0 Å². The van der Waals surface area contributed by atoms with E-state index in [-0.39, 0.29) is 183 Å². The summed E-state index contributed by atoms with van der Waals surface area (Å²) in [4.78, 5) is 0. The molecule has 5 nitrogen and oxygen atoms in total. The second-order valence-corrected chi connectivity index (χ2v) is 3.03. The Bertz CT molecular complexity index is 159. The van der Waals surface area contributed by atoms with Crippen molar-refractivity contribution in [1.82, 2.24) is 0 Å². The van der Waals surface area contributed by atoms with E-state index in [0.717, 1.165) is 0 Å². The van der Waals surface area contributed by atoms with Crippen molar-refractivity contribution in [3.63, 3.8) is 0 Å². The van der Waals surface area contributed by atoms with Crippen LogP contribution in [0.2, 0.25) is 0 Å². The van der Waals surface area contributed by atoms with Crippen LogP contribution in [-0.2, 0) is 4.74 Å². The second-order valence-electron chi connectivity index (χ2n) is 3.03. The number of hydrogen-bond acceptors (Lipinski definition) is 5. The molecule has 1 aliphatic heterocycles. The van der Waals surface area contributed by atoms with Gasteiger partial charge in [0.05, 0.1) is 12.7 Å². The van der Waals surface area contributed by atoms with E-state index in [4.69, 9.17) is 9.84 Å². The van der Waals surface area contributed by atoms with E-state index in [0.29, 0.717) is 0 Å². The van der Waals surface area contributed by atoms with Crippen molar-refractivity contribution in [3.05, 3.63) is 0 Å². The average Bonchev–Trinajstić information content (AvgIpc) is 2.08. The van der Waals surface area contributed by atoms with E-state index in [1.54, 1.807) is 6.92 Å². The number of aliphatic hydroxyl groups excluding tert-OH is 4. The molecule has 0 aliphatic carbocycles. The fourth-order valence-electron chi connectivity index (χ4n) is 1.29. The first-order valence-corrected chi connectivity index (χ1v) is 3.88. The fourth-order valence-corrected chi connectivity index (χ4v) is 1.29. The van der Waals surface area contributed by atoms with Crippen molar-refractivity contribution < 1.29 is 201 Å². The minimum atomic E-state index is -1.24. The minimum absolute atomic E-state index is 0. The Hall–Kier alpha value is 5.57. The maximum atomic E-state index is 9.23. The van der Waals surface area contributed by atoms with Gasteiger partial charge in [-0.2, -0.15) is 0 Å². The van der Waals surface area contributed by atoms with Crippen LogP contribution in [0, 0.1) is 176 Å². The van der Waals surface area contributed by atoms with Crippen molar-refractivity contribution >= 4 is 0 Å². The first-order valence-electron chi connectivity index (χ1n) is 3.88. The molecule has 0 amide bonds. The largest absolute Gasteiger partial charge is 0.394 e. The molecule has 1 aliphatic rings. The molecule has 0 unspecified atom stereocenters. The van der Waals surface area contributed by atoms with Gasteiger partial charge in [-0.15, -0.1) is 0 Å². The molecular formula is C7H14Ac4O5.